The number of carbonyl (C=O) groups is 2. The number of amides is 2. The summed E-state index contributed by atoms with van der Waals surface area (Å²) in [4.78, 5) is 39.6. The second kappa shape index (κ2) is 6.93. The summed E-state index contributed by atoms with van der Waals surface area (Å²) in [7, 11) is 1.63. The molecule has 0 fully saturated rings. The average molecular weight is 340 g/mol. The van der Waals surface area contributed by atoms with Crippen molar-refractivity contribution in [2.24, 2.45) is 7.05 Å². The van der Waals surface area contributed by atoms with Gasteiger partial charge in [-0.05, 0) is 18.4 Å². The monoisotopic (exact) mass is 340 g/mol. The van der Waals surface area contributed by atoms with Crippen LogP contribution in [0, 0.1) is 0 Å². The molecule has 2 heterocycles. The number of hydrogen-bond donors (Lipinski definition) is 2. The predicted octanol–water partition coefficient (Wildman–Crippen LogP) is 1.03. The van der Waals surface area contributed by atoms with Crippen molar-refractivity contribution >= 4 is 45.1 Å². The van der Waals surface area contributed by atoms with Crippen LogP contribution in [0.2, 0.25) is 0 Å². The number of fused-ring (bicyclic) bond motifs is 1. The quantitative estimate of drug-likeness (QED) is 0.493. The van der Waals surface area contributed by atoms with Crippen molar-refractivity contribution in [1.29, 1.82) is 0 Å². The Morgan fingerprint density at radius 1 is 1.45 bits per heavy atom. The van der Waals surface area contributed by atoms with E-state index in [1.807, 2.05) is 5.38 Å². The molecule has 9 heteroatoms. The van der Waals surface area contributed by atoms with Crippen LogP contribution >= 0.6 is 23.1 Å². The molecule has 7 nitrogen and oxygen atoms in total. The number of aromatic nitrogens is 2. The summed E-state index contributed by atoms with van der Waals surface area (Å²) in [5.41, 5.74) is 5.16. The molecule has 0 aromatic carbocycles. The van der Waals surface area contributed by atoms with Crippen LogP contribution in [0.5, 0.6) is 0 Å². The normalized spacial score (nSPS) is 12.1. The van der Waals surface area contributed by atoms with E-state index in [9.17, 15) is 14.4 Å². The summed E-state index contributed by atoms with van der Waals surface area (Å²) >= 11 is 2.51. The molecule has 0 radical (unpaired) electrons. The van der Waals surface area contributed by atoms with Gasteiger partial charge in [-0.15, -0.1) is 11.3 Å². The van der Waals surface area contributed by atoms with Gasteiger partial charge in [0, 0.05) is 13.5 Å². The minimum absolute atomic E-state index is 0.130. The van der Waals surface area contributed by atoms with E-state index in [1.165, 1.54) is 15.9 Å². The van der Waals surface area contributed by atoms with Crippen molar-refractivity contribution in [2.45, 2.75) is 30.7 Å². The van der Waals surface area contributed by atoms with Crippen LogP contribution in [0.3, 0.4) is 0 Å². The lowest BCUT2D eigenvalue weighted by Crippen LogP contribution is -2.44. The Labute approximate surface area is 135 Å². The van der Waals surface area contributed by atoms with Crippen LogP contribution in [0.15, 0.2) is 21.4 Å². The first-order valence-electron chi connectivity index (χ1n) is 6.63. The van der Waals surface area contributed by atoms with Gasteiger partial charge in [0.1, 0.15) is 4.70 Å². The van der Waals surface area contributed by atoms with Crippen LogP contribution in [0.4, 0.5) is 0 Å². The molecule has 0 bridgehead atoms. The third-order valence-electron chi connectivity index (χ3n) is 2.94. The second-order valence-electron chi connectivity index (χ2n) is 4.54. The topological polar surface area (TPSA) is 93.1 Å². The molecule has 2 aromatic heterocycles. The highest BCUT2D eigenvalue weighted by molar-refractivity contribution is 8.00. The highest BCUT2D eigenvalue weighted by Gasteiger charge is 2.18. The lowest BCUT2D eigenvalue weighted by atomic mass is 10.4. The Bertz CT molecular complexity index is 768. The molecule has 22 heavy (non-hydrogen) atoms. The van der Waals surface area contributed by atoms with Crippen LogP contribution in [-0.4, -0.2) is 26.6 Å². The Kier molecular flexibility index (Phi) is 5.19. The van der Waals surface area contributed by atoms with E-state index in [-0.39, 0.29) is 23.8 Å². The summed E-state index contributed by atoms with van der Waals surface area (Å²) in [6.45, 7) is 3.37. The van der Waals surface area contributed by atoms with E-state index in [0.29, 0.717) is 15.4 Å². The van der Waals surface area contributed by atoms with E-state index < -0.39 is 5.25 Å². The highest BCUT2D eigenvalue weighted by atomic mass is 32.2. The SMILES string of the molecule is CCC(=O)NNC(=O)[C@@H](C)Sc1nc2ccsc2c(=O)n1C. The lowest BCUT2D eigenvalue weighted by molar-refractivity contribution is -0.128. The first kappa shape index (κ1) is 16.5. The van der Waals surface area contributed by atoms with Gasteiger partial charge in [0.25, 0.3) is 11.5 Å². The summed E-state index contributed by atoms with van der Waals surface area (Å²) in [5, 5.41) is 1.76. The molecular formula is C13H16N4O3S2. The maximum atomic E-state index is 12.2. The molecule has 0 unspecified atom stereocenters. The van der Waals surface area contributed by atoms with E-state index in [1.54, 1.807) is 27.0 Å². The number of hydrazine groups is 1. The molecular weight excluding hydrogens is 324 g/mol. The fourth-order valence-electron chi connectivity index (χ4n) is 1.61. The number of thioether (sulfide) groups is 1. The van der Waals surface area contributed by atoms with Gasteiger partial charge < -0.3 is 0 Å². The Hall–Kier alpha value is -1.87. The standard InChI is InChI=1S/C13H16N4O3S2/c1-4-9(18)15-16-11(19)7(2)22-13-14-8-5-6-21-10(8)12(20)17(13)3/h5-7H,4H2,1-3H3,(H,15,18)(H,16,19)/t7-/m1/s1. The summed E-state index contributed by atoms with van der Waals surface area (Å²) in [5.74, 6) is -0.623. The van der Waals surface area contributed by atoms with Crippen LogP contribution < -0.4 is 16.4 Å². The molecule has 2 aromatic rings. The maximum absolute atomic E-state index is 12.2. The van der Waals surface area contributed by atoms with E-state index >= 15 is 0 Å². The molecule has 2 amide bonds. The van der Waals surface area contributed by atoms with Gasteiger partial charge in [-0.2, -0.15) is 0 Å². The highest BCUT2D eigenvalue weighted by Crippen LogP contribution is 2.23. The minimum Gasteiger partial charge on any atom is -0.289 e. The van der Waals surface area contributed by atoms with Crippen LogP contribution in [0.1, 0.15) is 20.3 Å². The zero-order valence-electron chi connectivity index (χ0n) is 12.4. The molecule has 0 aliphatic carbocycles. The van der Waals surface area contributed by atoms with Gasteiger partial charge in [-0.3, -0.25) is 29.8 Å². The molecule has 0 saturated carbocycles. The number of rotatable bonds is 4. The smallest absolute Gasteiger partial charge is 0.271 e. The molecule has 118 valence electrons. The van der Waals surface area contributed by atoms with E-state index in [2.05, 4.69) is 15.8 Å². The van der Waals surface area contributed by atoms with Crippen molar-refractivity contribution in [3.8, 4) is 0 Å². The molecule has 0 aliphatic heterocycles. The number of thiophene rings is 1. The van der Waals surface area contributed by atoms with Crippen molar-refractivity contribution < 1.29 is 9.59 Å². The van der Waals surface area contributed by atoms with Gasteiger partial charge in [0.05, 0.1) is 10.8 Å². The Morgan fingerprint density at radius 3 is 2.86 bits per heavy atom. The number of carbonyl (C=O) groups excluding carboxylic acids is 2. The number of nitrogens with one attached hydrogen (secondary N) is 2. The second-order valence-corrected chi connectivity index (χ2v) is 6.77. The first-order chi connectivity index (χ1) is 10.4. The van der Waals surface area contributed by atoms with Gasteiger partial charge in [0.15, 0.2) is 5.16 Å². The summed E-state index contributed by atoms with van der Waals surface area (Å²) in [6, 6.07) is 1.78. The Balaban J connectivity index is 2.13. The van der Waals surface area contributed by atoms with E-state index in [0.717, 1.165) is 11.8 Å². The summed E-state index contributed by atoms with van der Waals surface area (Å²) in [6.07, 6.45) is 0.284. The van der Waals surface area contributed by atoms with Crippen LogP contribution in [0.25, 0.3) is 10.2 Å². The fraction of sp³-hybridized carbons (Fsp3) is 0.385. The zero-order valence-corrected chi connectivity index (χ0v) is 14.0. The van der Waals surface area contributed by atoms with Crippen molar-refractivity contribution in [3.05, 3.63) is 21.8 Å². The third kappa shape index (κ3) is 3.47. The lowest BCUT2D eigenvalue weighted by Gasteiger charge is -2.13. The van der Waals surface area contributed by atoms with Crippen LogP contribution in [-0.2, 0) is 16.6 Å². The predicted molar refractivity (Wildman–Crippen MR) is 86.8 cm³/mol. The van der Waals surface area contributed by atoms with Gasteiger partial charge in [-0.1, -0.05) is 18.7 Å². The molecule has 0 saturated heterocycles. The first-order valence-corrected chi connectivity index (χ1v) is 8.39. The Morgan fingerprint density at radius 2 is 2.18 bits per heavy atom. The summed E-state index contributed by atoms with van der Waals surface area (Å²) < 4.78 is 2.02. The van der Waals surface area contributed by atoms with Gasteiger partial charge in [-0.25, -0.2) is 4.98 Å². The molecule has 1 atom stereocenters. The molecule has 2 N–H and O–H groups in total. The van der Waals surface area contributed by atoms with E-state index in [4.69, 9.17) is 0 Å². The van der Waals surface area contributed by atoms with Gasteiger partial charge >= 0.3 is 0 Å². The minimum atomic E-state index is -0.508. The number of nitrogens with zero attached hydrogens (tertiary/aromatic N) is 2. The van der Waals surface area contributed by atoms with Gasteiger partial charge in [0.2, 0.25) is 5.91 Å². The van der Waals surface area contributed by atoms with Crippen molar-refractivity contribution in [1.82, 2.24) is 20.4 Å². The molecule has 2 rings (SSSR count). The van der Waals surface area contributed by atoms with Crippen molar-refractivity contribution in [2.75, 3.05) is 0 Å². The maximum Gasteiger partial charge on any atom is 0.271 e. The average Bonchev–Trinajstić information content (AvgIpc) is 2.97. The fourth-order valence-corrected chi connectivity index (χ4v) is 3.29. The molecule has 0 spiro atoms. The zero-order chi connectivity index (χ0) is 16.3. The molecule has 0 aliphatic rings. The van der Waals surface area contributed by atoms with Crippen molar-refractivity contribution in [3.63, 3.8) is 0 Å². The third-order valence-corrected chi connectivity index (χ3v) is 4.98. The number of hydrogen-bond acceptors (Lipinski definition) is 6. The largest absolute Gasteiger partial charge is 0.289 e.